The van der Waals surface area contributed by atoms with Crippen molar-refractivity contribution in [3.63, 3.8) is 0 Å². The number of carbonyl (C=O) groups is 2. The molecule has 1 aromatic heterocycles. The van der Waals surface area contributed by atoms with Gasteiger partial charge in [0.1, 0.15) is 5.69 Å². The molecule has 0 radical (unpaired) electrons. The molecule has 2 aromatic rings. The predicted octanol–water partition coefficient (Wildman–Crippen LogP) is 5.11. The molecule has 0 saturated carbocycles. The maximum Gasteiger partial charge on any atom is 0.354 e. The molecule has 1 heterocycles. The summed E-state index contributed by atoms with van der Waals surface area (Å²) in [5, 5.41) is 1.07. The summed E-state index contributed by atoms with van der Waals surface area (Å²) < 4.78 is 12.2. The van der Waals surface area contributed by atoms with Crippen molar-refractivity contribution >= 4 is 22.8 Å². The molecular formula is C22H31NO4. The van der Waals surface area contributed by atoms with Crippen LogP contribution in [0.25, 0.3) is 10.9 Å². The van der Waals surface area contributed by atoms with Crippen molar-refractivity contribution in [1.82, 2.24) is 4.57 Å². The first-order chi connectivity index (χ1) is 13.2. The number of unbranched alkanes of at least 4 members (excludes halogenated alkanes) is 5. The fourth-order valence-electron chi connectivity index (χ4n) is 3.30. The summed E-state index contributed by atoms with van der Waals surface area (Å²) in [7, 11) is 0. The van der Waals surface area contributed by atoms with E-state index in [1.807, 2.05) is 44.2 Å². The maximum atomic E-state index is 12.3. The molecule has 0 fully saturated rings. The van der Waals surface area contributed by atoms with Crippen LogP contribution in [0, 0.1) is 0 Å². The average Bonchev–Trinajstić information content (AvgIpc) is 3.03. The summed E-state index contributed by atoms with van der Waals surface area (Å²) in [6.45, 7) is 5.31. The van der Waals surface area contributed by atoms with E-state index in [0.29, 0.717) is 25.3 Å². The lowest BCUT2D eigenvalue weighted by Gasteiger charge is -2.10. The van der Waals surface area contributed by atoms with Crippen LogP contribution in [-0.4, -0.2) is 29.7 Å². The van der Waals surface area contributed by atoms with Gasteiger partial charge in [0.05, 0.1) is 13.2 Å². The number of ether oxygens (including phenoxy) is 2. The Morgan fingerprint density at radius 3 is 2.30 bits per heavy atom. The highest BCUT2D eigenvalue weighted by molar-refractivity contribution is 5.95. The molecule has 0 amide bonds. The summed E-state index contributed by atoms with van der Waals surface area (Å²) in [4.78, 5) is 23.6. The Hall–Kier alpha value is -2.30. The zero-order valence-electron chi connectivity index (χ0n) is 16.5. The van der Waals surface area contributed by atoms with Crippen molar-refractivity contribution in [3.05, 3.63) is 36.0 Å². The molecule has 5 heteroatoms. The van der Waals surface area contributed by atoms with E-state index >= 15 is 0 Å². The quantitative estimate of drug-likeness (QED) is 0.383. The summed E-state index contributed by atoms with van der Waals surface area (Å²) in [5.41, 5.74) is 1.71. The number of fused-ring (bicyclic) bond motifs is 1. The van der Waals surface area contributed by atoms with Gasteiger partial charge in [-0.25, -0.2) is 4.79 Å². The van der Waals surface area contributed by atoms with Crippen molar-refractivity contribution in [3.8, 4) is 0 Å². The van der Waals surface area contributed by atoms with Crippen molar-refractivity contribution < 1.29 is 19.1 Å². The number of aryl methyl sites for hydroxylation is 1. The summed E-state index contributed by atoms with van der Waals surface area (Å²) in [5.74, 6) is -0.351. The highest BCUT2D eigenvalue weighted by Gasteiger charge is 2.16. The smallest absolute Gasteiger partial charge is 0.354 e. The number of carbonyl (C=O) groups excluding carboxylic acids is 2. The van der Waals surface area contributed by atoms with Gasteiger partial charge < -0.3 is 14.0 Å². The van der Waals surface area contributed by atoms with Crippen LogP contribution in [0.3, 0.4) is 0 Å². The van der Waals surface area contributed by atoms with Gasteiger partial charge in [-0.1, -0.05) is 43.9 Å². The van der Waals surface area contributed by atoms with Crippen LogP contribution >= 0.6 is 0 Å². The Balaban J connectivity index is 1.78. The molecule has 0 unspecified atom stereocenters. The third-order valence-electron chi connectivity index (χ3n) is 4.61. The van der Waals surface area contributed by atoms with Crippen molar-refractivity contribution in [1.29, 1.82) is 0 Å². The Morgan fingerprint density at radius 1 is 0.889 bits per heavy atom. The molecule has 5 nitrogen and oxygen atoms in total. The lowest BCUT2D eigenvalue weighted by molar-refractivity contribution is -0.143. The number of esters is 2. The van der Waals surface area contributed by atoms with Gasteiger partial charge in [-0.15, -0.1) is 0 Å². The number of benzene rings is 1. The first kappa shape index (κ1) is 21.0. The lowest BCUT2D eigenvalue weighted by Crippen LogP contribution is -2.12. The molecule has 1 aromatic carbocycles. The van der Waals surface area contributed by atoms with Crippen LogP contribution in [-0.2, 0) is 20.8 Å². The Bertz CT molecular complexity index is 735. The minimum Gasteiger partial charge on any atom is -0.466 e. The standard InChI is InChI=1S/C22H31NO4/c1-3-26-21(24)15-9-7-5-6-8-12-16-23-19-14-11-10-13-18(19)17-20(23)22(25)27-4-2/h10-11,13-14,17H,3-9,12,15-16H2,1-2H3. The van der Waals surface area contributed by atoms with E-state index in [1.54, 1.807) is 0 Å². The van der Waals surface area contributed by atoms with E-state index in [2.05, 4.69) is 4.57 Å². The molecular weight excluding hydrogens is 342 g/mol. The average molecular weight is 373 g/mol. The normalized spacial score (nSPS) is 10.9. The molecule has 2 rings (SSSR count). The number of rotatable bonds is 12. The maximum absolute atomic E-state index is 12.3. The molecule has 148 valence electrons. The van der Waals surface area contributed by atoms with E-state index in [-0.39, 0.29) is 11.9 Å². The molecule has 0 aliphatic carbocycles. The van der Waals surface area contributed by atoms with Crippen LogP contribution in [0.4, 0.5) is 0 Å². The molecule has 0 saturated heterocycles. The first-order valence-corrected chi connectivity index (χ1v) is 10.1. The molecule has 0 aliphatic heterocycles. The fraction of sp³-hybridized carbons (Fsp3) is 0.545. The molecule has 0 atom stereocenters. The van der Waals surface area contributed by atoms with Crippen LogP contribution in [0.5, 0.6) is 0 Å². The topological polar surface area (TPSA) is 57.5 Å². The Kier molecular flexibility index (Phi) is 8.89. The highest BCUT2D eigenvalue weighted by Crippen LogP contribution is 2.22. The Labute approximate surface area is 161 Å². The van der Waals surface area contributed by atoms with Gasteiger partial charge in [0.2, 0.25) is 0 Å². The van der Waals surface area contributed by atoms with Gasteiger partial charge in [-0.3, -0.25) is 4.79 Å². The number of nitrogens with zero attached hydrogens (tertiary/aromatic N) is 1. The number of hydrogen-bond acceptors (Lipinski definition) is 4. The third kappa shape index (κ3) is 6.42. The molecule has 0 aliphatic rings. The van der Waals surface area contributed by atoms with Crippen LogP contribution in [0.2, 0.25) is 0 Å². The van der Waals surface area contributed by atoms with Crippen molar-refractivity contribution in [2.75, 3.05) is 13.2 Å². The van der Waals surface area contributed by atoms with Gasteiger partial charge in [0.15, 0.2) is 0 Å². The van der Waals surface area contributed by atoms with Crippen LogP contribution < -0.4 is 0 Å². The fourth-order valence-corrected chi connectivity index (χ4v) is 3.30. The van der Waals surface area contributed by atoms with Gasteiger partial charge in [0, 0.05) is 23.9 Å². The van der Waals surface area contributed by atoms with Gasteiger partial charge in [0.25, 0.3) is 0 Å². The minimum atomic E-state index is -0.257. The number of hydrogen-bond donors (Lipinski definition) is 0. The van der Waals surface area contributed by atoms with E-state index in [0.717, 1.165) is 56.0 Å². The van der Waals surface area contributed by atoms with E-state index in [9.17, 15) is 9.59 Å². The summed E-state index contributed by atoms with van der Waals surface area (Å²) in [6.07, 6.45) is 6.85. The van der Waals surface area contributed by atoms with Crippen LogP contribution in [0.15, 0.2) is 30.3 Å². The predicted molar refractivity (Wildman–Crippen MR) is 107 cm³/mol. The Morgan fingerprint density at radius 2 is 1.56 bits per heavy atom. The number of para-hydroxylation sites is 1. The second-order valence-corrected chi connectivity index (χ2v) is 6.64. The minimum absolute atomic E-state index is 0.0940. The first-order valence-electron chi connectivity index (χ1n) is 10.1. The monoisotopic (exact) mass is 373 g/mol. The highest BCUT2D eigenvalue weighted by atomic mass is 16.5. The van der Waals surface area contributed by atoms with E-state index in [1.165, 1.54) is 0 Å². The summed E-state index contributed by atoms with van der Waals surface area (Å²) in [6, 6.07) is 9.98. The van der Waals surface area contributed by atoms with Crippen molar-refractivity contribution in [2.45, 2.75) is 65.3 Å². The molecule has 27 heavy (non-hydrogen) atoms. The number of aromatic nitrogens is 1. The van der Waals surface area contributed by atoms with Gasteiger partial charge >= 0.3 is 11.9 Å². The lowest BCUT2D eigenvalue weighted by atomic mass is 10.1. The zero-order chi connectivity index (χ0) is 19.5. The largest absolute Gasteiger partial charge is 0.466 e. The zero-order valence-corrected chi connectivity index (χ0v) is 16.5. The SMILES string of the molecule is CCOC(=O)CCCCCCCCn1c(C(=O)OCC)cc2ccccc21. The van der Waals surface area contributed by atoms with Gasteiger partial charge in [-0.05, 0) is 38.8 Å². The van der Waals surface area contributed by atoms with E-state index < -0.39 is 0 Å². The van der Waals surface area contributed by atoms with E-state index in [4.69, 9.17) is 9.47 Å². The summed E-state index contributed by atoms with van der Waals surface area (Å²) >= 11 is 0. The van der Waals surface area contributed by atoms with Crippen molar-refractivity contribution in [2.24, 2.45) is 0 Å². The third-order valence-corrected chi connectivity index (χ3v) is 4.61. The second-order valence-electron chi connectivity index (χ2n) is 6.64. The molecule has 0 spiro atoms. The molecule has 0 bridgehead atoms. The van der Waals surface area contributed by atoms with Crippen LogP contribution in [0.1, 0.15) is 69.3 Å². The molecule has 0 N–H and O–H groups in total. The second kappa shape index (κ2) is 11.4. The van der Waals surface area contributed by atoms with Gasteiger partial charge in [-0.2, -0.15) is 0 Å².